The molecule has 2 rings (SSSR count). The molecular weight excluding hydrogens is 246 g/mol. The van der Waals surface area contributed by atoms with Crippen molar-refractivity contribution in [1.82, 2.24) is 14.9 Å². The molecule has 0 unspecified atom stereocenters. The number of rotatable bonds is 6. The van der Waals surface area contributed by atoms with E-state index in [1.54, 1.807) is 0 Å². The van der Waals surface area contributed by atoms with E-state index < -0.39 is 0 Å². The zero-order valence-electron chi connectivity index (χ0n) is 12.8. The number of aryl methyl sites for hydroxylation is 1. The molecule has 2 aromatic rings. The molecule has 0 bridgehead atoms. The van der Waals surface area contributed by atoms with Crippen LogP contribution < -0.4 is 5.32 Å². The van der Waals surface area contributed by atoms with Crippen molar-refractivity contribution in [3.05, 3.63) is 42.7 Å². The standard InChI is InChI=1S/C17H25N3/c1-17(2,3)19-11-7-8-13-20-14-12-18-16(20)15-9-5-4-6-10-15/h4-6,9-10,12,14,19H,7-8,11,13H2,1-3H3. The summed E-state index contributed by atoms with van der Waals surface area (Å²) in [6.45, 7) is 8.71. The van der Waals surface area contributed by atoms with Gasteiger partial charge in [0.05, 0.1) is 0 Å². The molecule has 0 spiro atoms. The fourth-order valence-corrected chi connectivity index (χ4v) is 2.21. The van der Waals surface area contributed by atoms with E-state index in [1.807, 2.05) is 12.3 Å². The van der Waals surface area contributed by atoms with Crippen molar-refractivity contribution < 1.29 is 0 Å². The second kappa shape index (κ2) is 6.71. The highest BCUT2D eigenvalue weighted by molar-refractivity contribution is 5.54. The normalized spacial score (nSPS) is 11.8. The minimum absolute atomic E-state index is 0.213. The van der Waals surface area contributed by atoms with Gasteiger partial charge in [-0.15, -0.1) is 0 Å². The number of nitrogens with one attached hydrogen (secondary N) is 1. The van der Waals surface area contributed by atoms with Crippen LogP contribution in [0.3, 0.4) is 0 Å². The lowest BCUT2D eigenvalue weighted by atomic mass is 10.1. The maximum absolute atomic E-state index is 4.47. The highest BCUT2D eigenvalue weighted by Crippen LogP contribution is 2.17. The first-order valence-corrected chi connectivity index (χ1v) is 7.38. The summed E-state index contributed by atoms with van der Waals surface area (Å²) in [6.07, 6.45) is 6.30. The molecule has 0 aliphatic heterocycles. The molecule has 0 amide bonds. The maximum atomic E-state index is 4.47. The van der Waals surface area contributed by atoms with Crippen LogP contribution in [0.4, 0.5) is 0 Å². The first kappa shape index (κ1) is 14.8. The van der Waals surface area contributed by atoms with Gasteiger partial charge in [0, 0.05) is 30.0 Å². The van der Waals surface area contributed by atoms with Crippen molar-refractivity contribution in [3.8, 4) is 11.4 Å². The molecule has 0 saturated heterocycles. The van der Waals surface area contributed by atoms with E-state index in [1.165, 1.54) is 18.4 Å². The predicted molar refractivity (Wildman–Crippen MR) is 84.7 cm³/mol. The predicted octanol–water partition coefficient (Wildman–Crippen LogP) is 3.72. The third kappa shape index (κ3) is 4.49. The zero-order chi connectivity index (χ0) is 14.4. The number of benzene rings is 1. The number of hydrogen-bond donors (Lipinski definition) is 1. The minimum Gasteiger partial charge on any atom is -0.331 e. The largest absolute Gasteiger partial charge is 0.331 e. The monoisotopic (exact) mass is 271 g/mol. The van der Waals surface area contributed by atoms with Gasteiger partial charge in [-0.1, -0.05) is 30.3 Å². The highest BCUT2D eigenvalue weighted by atomic mass is 15.1. The molecule has 3 nitrogen and oxygen atoms in total. The van der Waals surface area contributed by atoms with Crippen molar-refractivity contribution in [1.29, 1.82) is 0 Å². The lowest BCUT2D eigenvalue weighted by molar-refractivity contribution is 0.414. The third-order valence-electron chi connectivity index (χ3n) is 3.23. The summed E-state index contributed by atoms with van der Waals surface area (Å²) in [7, 11) is 0. The first-order valence-electron chi connectivity index (χ1n) is 7.38. The first-order chi connectivity index (χ1) is 9.56. The van der Waals surface area contributed by atoms with Crippen molar-refractivity contribution >= 4 is 0 Å². The van der Waals surface area contributed by atoms with Gasteiger partial charge < -0.3 is 9.88 Å². The van der Waals surface area contributed by atoms with Gasteiger partial charge in [0.1, 0.15) is 5.82 Å². The topological polar surface area (TPSA) is 29.9 Å². The zero-order valence-corrected chi connectivity index (χ0v) is 12.8. The van der Waals surface area contributed by atoms with Gasteiger partial charge in [-0.25, -0.2) is 4.98 Å². The Morgan fingerprint density at radius 3 is 2.55 bits per heavy atom. The van der Waals surface area contributed by atoms with E-state index in [2.05, 4.69) is 66.1 Å². The van der Waals surface area contributed by atoms with E-state index in [0.29, 0.717) is 0 Å². The molecule has 20 heavy (non-hydrogen) atoms. The molecule has 1 heterocycles. The number of nitrogens with zero attached hydrogens (tertiary/aromatic N) is 2. The van der Waals surface area contributed by atoms with Gasteiger partial charge in [0.15, 0.2) is 0 Å². The lowest BCUT2D eigenvalue weighted by Gasteiger charge is -2.20. The lowest BCUT2D eigenvalue weighted by Crippen LogP contribution is -2.36. The van der Waals surface area contributed by atoms with Crippen LogP contribution in [-0.4, -0.2) is 21.6 Å². The highest BCUT2D eigenvalue weighted by Gasteiger charge is 2.08. The van der Waals surface area contributed by atoms with Gasteiger partial charge in [0.2, 0.25) is 0 Å². The number of unbranched alkanes of at least 4 members (excludes halogenated alkanes) is 1. The van der Waals surface area contributed by atoms with Crippen LogP contribution in [0.5, 0.6) is 0 Å². The average Bonchev–Trinajstić information content (AvgIpc) is 2.86. The summed E-state index contributed by atoms with van der Waals surface area (Å²) in [5.74, 6) is 1.06. The molecule has 3 heteroatoms. The Balaban J connectivity index is 1.84. The molecule has 1 aromatic carbocycles. The molecule has 0 saturated carbocycles. The quantitative estimate of drug-likeness (QED) is 0.812. The summed E-state index contributed by atoms with van der Waals surface area (Å²) in [6, 6.07) is 10.4. The molecule has 0 aliphatic carbocycles. The second-order valence-corrected chi connectivity index (χ2v) is 6.19. The molecule has 0 fully saturated rings. The number of imidazole rings is 1. The third-order valence-corrected chi connectivity index (χ3v) is 3.23. The Kier molecular flexibility index (Phi) is 4.96. The summed E-state index contributed by atoms with van der Waals surface area (Å²) >= 11 is 0. The summed E-state index contributed by atoms with van der Waals surface area (Å²) in [4.78, 5) is 4.47. The Labute approximate surface area is 122 Å². The van der Waals surface area contributed by atoms with Crippen molar-refractivity contribution in [3.63, 3.8) is 0 Å². The SMILES string of the molecule is CC(C)(C)NCCCCn1ccnc1-c1ccccc1. The van der Waals surface area contributed by atoms with E-state index in [-0.39, 0.29) is 5.54 Å². The van der Waals surface area contributed by atoms with Crippen LogP contribution in [0.1, 0.15) is 33.6 Å². The Morgan fingerprint density at radius 1 is 1.10 bits per heavy atom. The van der Waals surface area contributed by atoms with E-state index >= 15 is 0 Å². The maximum Gasteiger partial charge on any atom is 0.139 e. The van der Waals surface area contributed by atoms with Crippen LogP contribution in [0.25, 0.3) is 11.4 Å². The van der Waals surface area contributed by atoms with Gasteiger partial charge in [-0.3, -0.25) is 0 Å². The van der Waals surface area contributed by atoms with Gasteiger partial charge >= 0.3 is 0 Å². The molecular formula is C17H25N3. The van der Waals surface area contributed by atoms with Gasteiger partial charge in [-0.2, -0.15) is 0 Å². The smallest absolute Gasteiger partial charge is 0.139 e. The molecule has 0 radical (unpaired) electrons. The molecule has 0 aliphatic rings. The second-order valence-electron chi connectivity index (χ2n) is 6.19. The molecule has 1 aromatic heterocycles. The van der Waals surface area contributed by atoms with E-state index in [9.17, 15) is 0 Å². The average molecular weight is 271 g/mol. The fourth-order valence-electron chi connectivity index (χ4n) is 2.21. The minimum atomic E-state index is 0.213. The van der Waals surface area contributed by atoms with Crippen LogP contribution in [-0.2, 0) is 6.54 Å². The van der Waals surface area contributed by atoms with Crippen molar-refractivity contribution in [2.75, 3.05) is 6.54 Å². The van der Waals surface area contributed by atoms with Crippen molar-refractivity contribution in [2.45, 2.75) is 45.7 Å². The molecule has 108 valence electrons. The van der Waals surface area contributed by atoms with Crippen molar-refractivity contribution in [2.24, 2.45) is 0 Å². The van der Waals surface area contributed by atoms with Crippen LogP contribution in [0, 0.1) is 0 Å². The molecule has 1 N–H and O–H groups in total. The van der Waals surface area contributed by atoms with Gasteiger partial charge in [0.25, 0.3) is 0 Å². The molecule has 0 atom stereocenters. The Morgan fingerprint density at radius 2 is 1.85 bits per heavy atom. The number of aromatic nitrogens is 2. The van der Waals surface area contributed by atoms with Crippen LogP contribution in [0.2, 0.25) is 0 Å². The van der Waals surface area contributed by atoms with Gasteiger partial charge in [-0.05, 0) is 40.2 Å². The van der Waals surface area contributed by atoms with Crippen LogP contribution in [0.15, 0.2) is 42.7 Å². The van der Waals surface area contributed by atoms with Crippen LogP contribution >= 0.6 is 0 Å². The summed E-state index contributed by atoms with van der Waals surface area (Å²) in [5.41, 5.74) is 1.40. The Hall–Kier alpha value is -1.61. The van der Waals surface area contributed by atoms with E-state index in [0.717, 1.165) is 18.9 Å². The Bertz CT molecular complexity index is 509. The number of hydrogen-bond acceptors (Lipinski definition) is 2. The fraction of sp³-hybridized carbons (Fsp3) is 0.471. The van der Waals surface area contributed by atoms with E-state index in [4.69, 9.17) is 0 Å². The summed E-state index contributed by atoms with van der Waals surface area (Å²) in [5, 5.41) is 3.52. The summed E-state index contributed by atoms with van der Waals surface area (Å²) < 4.78 is 2.24.